The van der Waals surface area contributed by atoms with Crippen LogP contribution in [0.3, 0.4) is 0 Å². The van der Waals surface area contributed by atoms with E-state index in [4.69, 9.17) is 4.74 Å². The van der Waals surface area contributed by atoms with Gasteiger partial charge in [-0.3, -0.25) is 24.5 Å². The highest BCUT2D eigenvalue weighted by Gasteiger charge is 2.39. The van der Waals surface area contributed by atoms with E-state index in [1.54, 1.807) is 6.07 Å². The zero-order valence-corrected chi connectivity index (χ0v) is 16.0. The van der Waals surface area contributed by atoms with E-state index >= 15 is 0 Å². The van der Waals surface area contributed by atoms with Gasteiger partial charge in [-0.15, -0.1) is 0 Å². The number of ether oxygens (including phenoxy) is 1. The lowest BCUT2D eigenvalue weighted by atomic mass is 10.0. The summed E-state index contributed by atoms with van der Waals surface area (Å²) in [6, 6.07) is 7.84. The summed E-state index contributed by atoms with van der Waals surface area (Å²) in [5.41, 5.74) is 1.11. The number of nitrogens with zero attached hydrogens (tertiary/aromatic N) is 1. The van der Waals surface area contributed by atoms with Crippen molar-refractivity contribution in [2.75, 3.05) is 12.4 Å². The first-order chi connectivity index (χ1) is 14.4. The molecular weight excluding hydrogens is 393 g/mol. The SMILES string of the molecule is COc1ccc(F)c(NC(=O)c2ccc3c(c2)C(=O)N(C2CCC(=O)NC2=O)C3)c1. The number of piperidine rings is 1. The lowest BCUT2D eigenvalue weighted by Crippen LogP contribution is -2.52. The first-order valence-electron chi connectivity index (χ1n) is 9.30. The predicted octanol–water partition coefficient (Wildman–Crippen LogP) is 1.85. The smallest absolute Gasteiger partial charge is 0.255 e. The largest absolute Gasteiger partial charge is 0.497 e. The van der Waals surface area contributed by atoms with E-state index in [9.17, 15) is 23.6 Å². The van der Waals surface area contributed by atoms with E-state index in [1.807, 2.05) is 0 Å². The normalized spacial score (nSPS) is 18.1. The van der Waals surface area contributed by atoms with Crippen molar-refractivity contribution in [1.82, 2.24) is 10.2 Å². The molecule has 1 unspecified atom stereocenters. The molecule has 2 aromatic carbocycles. The molecule has 2 N–H and O–H groups in total. The Balaban J connectivity index is 1.54. The molecule has 0 aliphatic carbocycles. The standard InChI is InChI=1S/C21H18FN3O5/c1-30-13-4-5-15(22)16(9-13)23-19(27)11-2-3-12-10-25(21(29)14(12)8-11)17-6-7-18(26)24-20(17)28/h2-5,8-9,17H,6-7,10H2,1H3,(H,23,27)(H,24,26,28). The Kier molecular flexibility index (Phi) is 4.94. The van der Waals surface area contributed by atoms with E-state index in [1.165, 1.54) is 42.3 Å². The fourth-order valence-electron chi connectivity index (χ4n) is 3.62. The Labute approximate surface area is 171 Å². The molecule has 4 amide bonds. The molecule has 1 fully saturated rings. The van der Waals surface area contributed by atoms with Gasteiger partial charge in [0.15, 0.2) is 0 Å². The molecule has 2 aliphatic rings. The highest BCUT2D eigenvalue weighted by Crippen LogP contribution is 2.29. The molecule has 0 bridgehead atoms. The number of carbonyl (C=O) groups excluding carboxylic acids is 4. The maximum atomic E-state index is 14.0. The van der Waals surface area contributed by atoms with Crippen molar-refractivity contribution in [2.45, 2.75) is 25.4 Å². The Hall–Kier alpha value is -3.75. The molecule has 30 heavy (non-hydrogen) atoms. The Morgan fingerprint density at radius 1 is 1.20 bits per heavy atom. The molecular formula is C21H18FN3O5. The summed E-state index contributed by atoms with van der Waals surface area (Å²) in [6.07, 6.45) is 0.420. The number of benzene rings is 2. The van der Waals surface area contributed by atoms with E-state index in [2.05, 4.69) is 10.6 Å². The highest BCUT2D eigenvalue weighted by atomic mass is 19.1. The zero-order valence-electron chi connectivity index (χ0n) is 16.0. The molecule has 0 radical (unpaired) electrons. The summed E-state index contributed by atoms with van der Waals surface area (Å²) >= 11 is 0. The molecule has 9 heteroatoms. The van der Waals surface area contributed by atoms with Gasteiger partial charge in [0.2, 0.25) is 11.8 Å². The van der Waals surface area contributed by atoms with Gasteiger partial charge in [0.25, 0.3) is 11.8 Å². The van der Waals surface area contributed by atoms with Gasteiger partial charge in [-0.25, -0.2) is 4.39 Å². The first-order valence-corrected chi connectivity index (χ1v) is 9.30. The average molecular weight is 411 g/mol. The van der Waals surface area contributed by atoms with Crippen LogP contribution in [0.4, 0.5) is 10.1 Å². The number of carbonyl (C=O) groups is 4. The highest BCUT2D eigenvalue weighted by molar-refractivity contribution is 6.09. The molecule has 4 rings (SSSR count). The number of halogens is 1. The second-order valence-electron chi connectivity index (χ2n) is 7.07. The van der Waals surface area contributed by atoms with Gasteiger partial charge < -0.3 is 15.0 Å². The van der Waals surface area contributed by atoms with Crippen LogP contribution in [-0.4, -0.2) is 41.7 Å². The molecule has 154 valence electrons. The monoisotopic (exact) mass is 411 g/mol. The minimum absolute atomic E-state index is 0.0451. The first kappa shape index (κ1) is 19.6. The number of anilines is 1. The molecule has 1 atom stereocenters. The summed E-state index contributed by atoms with van der Waals surface area (Å²) in [6.45, 7) is 0.215. The molecule has 2 heterocycles. The summed E-state index contributed by atoms with van der Waals surface area (Å²) in [5.74, 6) is -2.07. The number of rotatable bonds is 4. The van der Waals surface area contributed by atoms with Gasteiger partial charge >= 0.3 is 0 Å². The molecule has 8 nitrogen and oxygen atoms in total. The fourth-order valence-corrected chi connectivity index (χ4v) is 3.62. The lowest BCUT2D eigenvalue weighted by Gasteiger charge is -2.29. The third-order valence-electron chi connectivity index (χ3n) is 5.21. The average Bonchev–Trinajstić information content (AvgIpc) is 3.05. The molecule has 0 spiro atoms. The fraction of sp³-hybridized carbons (Fsp3) is 0.238. The number of nitrogens with one attached hydrogen (secondary N) is 2. The summed E-state index contributed by atoms with van der Waals surface area (Å²) < 4.78 is 19.0. The molecule has 0 saturated carbocycles. The quantitative estimate of drug-likeness (QED) is 0.747. The maximum absolute atomic E-state index is 14.0. The Morgan fingerprint density at radius 3 is 2.73 bits per heavy atom. The van der Waals surface area contributed by atoms with Gasteiger partial charge in [0.05, 0.1) is 12.8 Å². The number of fused-ring (bicyclic) bond motifs is 1. The second-order valence-corrected chi connectivity index (χ2v) is 7.07. The van der Waals surface area contributed by atoms with Crippen LogP contribution in [0.5, 0.6) is 5.75 Å². The number of hydrogen-bond donors (Lipinski definition) is 2. The number of methoxy groups -OCH3 is 1. The topological polar surface area (TPSA) is 105 Å². The van der Waals surface area contributed by atoms with E-state index in [0.29, 0.717) is 16.9 Å². The minimum atomic E-state index is -0.731. The van der Waals surface area contributed by atoms with E-state index in [-0.39, 0.29) is 42.5 Å². The van der Waals surface area contributed by atoms with Crippen LogP contribution in [0.2, 0.25) is 0 Å². The van der Waals surface area contributed by atoms with Crippen molar-refractivity contribution < 1.29 is 28.3 Å². The van der Waals surface area contributed by atoms with Crippen LogP contribution >= 0.6 is 0 Å². The van der Waals surface area contributed by atoms with Crippen LogP contribution in [0, 0.1) is 5.82 Å². The van der Waals surface area contributed by atoms with Gasteiger partial charge in [-0.05, 0) is 36.2 Å². The van der Waals surface area contributed by atoms with Crippen molar-refractivity contribution in [3.8, 4) is 5.75 Å². The predicted molar refractivity (Wildman–Crippen MR) is 103 cm³/mol. The molecule has 0 aromatic heterocycles. The molecule has 2 aliphatic heterocycles. The zero-order chi connectivity index (χ0) is 21.4. The van der Waals surface area contributed by atoms with Crippen molar-refractivity contribution in [3.05, 3.63) is 58.9 Å². The van der Waals surface area contributed by atoms with Gasteiger partial charge in [0, 0.05) is 30.2 Å². The summed E-state index contributed by atoms with van der Waals surface area (Å²) in [7, 11) is 1.43. The lowest BCUT2D eigenvalue weighted by molar-refractivity contribution is -0.136. The maximum Gasteiger partial charge on any atom is 0.255 e. The van der Waals surface area contributed by atoms with Crippen LogP contribution in [0.1, 0.15) is 39.1 Å². The Bertz CT molecular complexity index is 1080. The van der Waals surface area contributed by atoms with Crippen molar-refractivity contribution in [2.24, 2.45) is 0 Å². The number of imide groups is 1. The molecule has 1 saturated heterocycles. The van der Waals surface area contributed by atoms with E-state index in [0.717, 1.165) is 0 Å². The van der Waals surface area contributed by atoms with Crippen molar-refractivity contribution >= 4 is 29.3 Å². The summed E-state index contributed by atoms with van der Waals surface area (Å²) in [5, 5.41) is 4.72. The van der Waals surface area contributed by atoms with Crippen molar-refractivity contribution in [3.63, 3.8) is 0 Å². The van der Waals surface area contributed by atoms with Crippen LogP contribution in [-0.2, 0) is 16.1 Å². The van der Waals surface area contributed by atoms with E-state index < -0.39 is 23.7 Å². The van der Waals surface area contributed by atoms with Gasteiger partial charge in [0.1, 0.15) is 17.6 Å². The van der Waals surface area contributed by atoms with Crippen molar-refractivity contribution in [1.29, 1.82) is 0 Å². The van der Waals surface area contributed by atoms with Gasteiger partial charge in [-0.1, -0.05) is 6.07 Å². The van der Waals surface area contributed by atoms with Crippen LogP contribution in [0.25, 0.3) is 0 Å². The third-order valence-corrected chi connectivity index (χ3v) is 5.21. The third kappa shape index (κ3) is 3.49. The van der Waals surface area contributed by atoms with Gasteiger partial charge in [-0.2, -0.15) is 0 Å². The summed E-state index contributed by atoms with van der Waals surface area (Å²) in [4.78, 5) is 50.3. The minimum Gasteiger partial charge on any atom is -0.497 e. The second kappa shape index (κ2) is 7.58. The molecule has 2 aromatic rings. The number of hydrogen-bond acceptors (Lipinski definition) is 5. The van der Waals surface area contributed by atoms with Crippen LogP contribution in [0.15, 0.2) is 36.4 Å². The van der Waals surface area contributed by atoms with Crippen LogP contribution < -0.4 is 15.4 Å². The Morgan fingerprint density at radius 2 is 2.00 bits per heavy atom. The number of amides is 4.